The van der Waals surface area contributed by atoms with Gasteiger partial charge in [0.2, 0.25) is 0 Å². The summed E-state index contributed by atoms with van der Waals surface area (Å²) < 4.78 is 9.25. The molecule has 0 aliphatic rings. The lowest BCUT2D eigenvalue weighted by atomic mass is 10.1. The molecule has 0 heterocycles. The van der Waals surface area contributed by atoms with Crippen molar-refractivity contribution in [3.63, 3.8) is 0 Å². The summed E-state index contributed by atoms with van der Waals surface area (Å²) in [5.41, 5.74) is -0.0436. The van der Waals surface area contributed by atoms with E-state index in [2.05, 4.69) is 4.74 Å². The SMILES string of the molecule is COC(=O)c1ccc(OC)c(C(=O)[O-])c1. The molecular formula is C10H9O5-. The van der Waals surface area contributed by atoms with Gasteiger partial charge in [0.25, 0.3) is 0 Å². The maximum atomic E-state index is 11.1. The molecule has 0 aliphatic carbocycles. The molecule has 5 heteroatoms. The lowest BCUT2D eigenvalue weighted by Crippen LogP contribution is -2.23. The second-order valence-corrected chi connectivity index (χ2v) is 2.69. The van der Waals surface area contributed by atoms with Crippen LogP contribution in [0.1, 0.15) is 20.7 Å². The third kappa shape index (κ3) is 2.25. The van der Waals surface area contributed by atoms with E-state index in [9.17, 15) is 14.7 Å². The Morgan fingerprint density at radius 1 is 1.27 bits per heavy atom. The molecule has 0 unspecified atom stereocenters. The molecule has 0 saturated heterocycles. The molecule has 0 fully saturated rings. The molecule has 0 N–H and O–H groups in total. The molecule has 0 aromatic heterocycles. The van der Waals surface area contributed by atoms with E-state index in [4.69, 9.17) is 4.74 Å². The predicted octanol–water partition coefficient (Wildman–Crippen LogP) is -0.155. The first kappa shape index (κ1) is 11.0. The van der Waals surface area contributed by atoms with Gasteiger partial charge in [0.05, 0.1) is 25.8 Å². The van der Waals surface area contributed by atoms with E-state index in [-0.39, 0.29) is 16.9 Å². The number of benzene rings is 1. The Morgan fingerprint density at radius 3 is 2.40 bits per heavy atom. The van der Waals surface area contributed by atoms with Gasteiger partial charge in [-0.1, -0.05) is 0 Å². The molecule has 1 aromatic carbocycles. The first-order valence-corrected chi connectivity index (χ1v) is 4.08. The van der Waals surface area contributed by atoms with Crippen LogP contribution in [0.25, 0.3) is 0 Å². The maximum Gasteiger partial charge on any atom is 0.337 e. The topological polar surface area (TPSA) is 75.7 Å². The number of carbonyl (C=O) groups is 2. The number of aromatic carboxylic acids is 1. The predicted molar refractivity (Wildman–Crippen MR) is 48.7 cm³/mol. The van der Waals surface area contributed by atoms with Crippen LogP contribution in [0, 0.1) is 0 Å². The highest BCUT2D eigenvalue weighted by Gasteiger charge is 2.10. The number of ether oxygens (including phenoxy) is 2. The van der Waals surface area contributed by atoms with E-state index in [1.807, 2.05) is 0 Å². The van der Waals surface area contributed by atoms with Crippen LogP contribution in [0.3, 0.4) is 0 Å². The minimum atomic E-state index is -1.40. The zero-order valence-electron chi connectivity index (χ0n) is 8.27. The van der Waals surface area contributed by atoms with Crippen molar-refractivity contribution in [2.24, 2.45) is 0 Å². The fraction of sp³-hybridized carbons (Fsp3) is 0.200. The van der Waals surface area contributed by atoms with Crippen LogP contribution < -0.4 is 9.84 Å². The summed E-state index contributed by atoms with van der Waals surface area (Å²) in [6.07, 6.45) is 0. The normalized spacial score (nSPS) is 9.47. The lowest BCUT2D eigenvalue weighted by molar-refractivity contribution is -0.255. The van der Waals surface area contributed by atoms with Crippen molar-refractivity contribution < 1.29 is 24.2 Å². The highest BCUT2D eigenvalue weighted by atomic mass is 16.5. The quantitative estimate of drug-likeness (QED) is 0.647. The molecule has 0 spiro atoms. The monoisotopic (exact) mass is 209 g/mol. The van der Waals surface area contributed by atoms with E-state index in [1.165, 1.54) is 26.4 Å². The Kier molecular flexibility index (Phi) is 3.28. The molecule has 0 radical (unpaired) electrons. The van der Waals surface area contributed by atoms with Gasteiger partial charge < -0.3 is 19.4 Å². The van der Waals surface area contributed by atoms with E-state index >= 15 is 0 Å². The molecule has 1 rings (SSSR count). The fourth-order valence-corrected chi connectivity index (χ4v) is 1.11. The molecule has 0 aliphatic heterocycles. The fourth-order valence-electron chi connectivity index (χ4n) is 1.11. The smallest absolute Gasteiger partial charge is 0.337 e. The van der Waals surface area contributed by atoms with Crippen molar-refractivity contribution in [2.75, 3.05) is 14.2 Å². The molecule has 0 atom stereocenters. The van der Waals surface area contributed by atoms with Crippen LogP contribution in [0.4, 0.5) is 0 Å². The molecule has 80 valence electrons. The highest BCUT2D eigenvalue weighted by molar-refractivity contribution is 5.95. The summed E-state index contributed by atoms with van der Waals surface area (Å²) in [6.45, 7) is 0. The molecule has 0 bridgehead atoms. The Morgan fingerprint density at radius 2 is 1.93 bits per heavy atom. The van der Waals surface area contributed by atoms with Crippen molar-refractivity contribution in [1.29, 1.82) is 0 Å². The van der Waals surface area contributed by atoms with Crippen LogP contribution >= 0.6 is 0 Å². The van der Waals surface area contributed by atoms with Crippen molar-refractivity contribution in [3.05, 3.63) is 29.3 Å². The standard InChI is InChI=1S/C10H10O5/c1-14-8-4-3-6(10(13)15-2)5-7(8)9(11)12/h3-5H,1-2H3,(H,11,12)/p-1. The number of carboxylic acid groups (broad SMARTS) is 1. The Bertz CT molecular complexity index is 397. The average Bonchev–Trinajstić information content (AvgIpc) is 2.27. The number of carbonyl (C=O) groups excluding carboxylic acids is 2. The van der Waals surface area contributed by atoms with Crippen molar-refractivity contribution in [1.82, 2.24) is 0 Å². The van der Waals surface area contributed by atoms with Crippen LogP contribution in [-0.4, -0.2) is 26.2 Å². The summed E-state index contributed by atoms with van der Waals surface area (Å²) in [6, 6.07) is 3.94. The van der Waals surface area contributed by atoms with Gasteiger partial charge in [0.15, 0.2) is 0 Å². The number of methoxy groups -OCH3 is 2. The first-order valence-electron chi connectivity index (χ1n) is 4.08. The number of esters is 1. The summed E-state index contributed by atoms with van der Waals surface area (Å²) in [5.74, 6) is -1.87. The Hall–Kier alpha value is -2.04. The van der Waals surface area contributed by atoms with Crippen LogP contribution in [0.15, 0.2) is 18.2 Å². The number of rotatable bonds is 3. The van der Waals surface area contributed by atoms with Gasteiger partial charge in [0.1, 0.15) is 5.75 Å². The highest BCUT2D eigenvalue weighted by Crippen LogP contribution is 2.19. The van der Waals surface area contributed by atoms with E-state index in [0.717, 1.165) is 6.07 Å². The Balaban J connectivity index is 3.22. The molecule has 0 amide bonds. The average molecular weight is 209 g/mol. The Labute approximate surface area is 86.2 Å². The van der Waals surface area contributed by atoms with Gasteiger partial charge in [-0.2, -0.15) is 0 Å². The molecule has 15 heavy (non-hydrogen) atoms. The third-order valence-corrected chi connectivity index (χ3v) is 1.84. The zero-order chi connectivity index (χ0) is 11.4. The minimum absolute atomic E-state index is 0.137. The summed E-state index contributed by atoms with van der Waals surface area (Å²) >= 11 is 0. The second kappa shape index (κ2) is 4.45. The van der Waals surface area contributed by atoms with Crippen LogP contribution in [-0.2, 0) is 4.74 Å². The van der Waals surface area contributed by atoms with E-state index in [1.54, 1.807) is 0 Å². The third-order valence-electron chi connectivity index (χ3n) is 1.84. The van der Waals surface area contributed by atoms with E-state index < -0.39 is 11.9 Å². The van der Waals surface area contributed by atoms with Crippen LogP contribution in [0.2, 0.25) is 0 Å². The summed E-state index contributed by atoms with van der Waals surface area (Å²) in [7, 11) is 2.55. The zero-order valence-corrected chi connectivity index (χ0v) is 8.27. The van der Waals surface area contributed by atoms with Gasteiger partial charge in [-0.15, -0.1) is 0 Å². The van der Waals surface area contributed by atoms with Crippen molar-refractivity contribution >= 4 is 11.9 Å². The molecule has 1 aromatic rings. The van der Waals surface area contributed by atoms with Crippen LogP contribution in [0.5, 0.6) is 5.75 Å². The maximum absolute atomic E-state index is 11.1. The van der Waals surface area contributed by atoms with Crippen molar-refractivity contribution in [2.45, 2.75) is 0 Å². The molecular weight excluding hydrogens is 200 g/mol. The van der Waals surface area contributed by atoms with E-state index in [0.29, 0.717) is 0 Å². The second-order valence-electron chi connectivity index (χ2n) is 2.69. The summed E-state index contributed by atoms with van der Waals surface area (Å²) in [4.78, 5) is 21.8. The lowest BCUT2D eigenvalue weighted by Gasteiger charge is -2.10. The number of hydrogen-bond donors (Lipinski definition) is 0. The first-order chi connectivity index (χ1) is 7.10. The van der Waals surface area contributed by atoms with Gasteiger partial charge in [-0.25, -0.2) is 4.79 Å². The van der Waals surface area contributed by atoms with Gasteiger partial charge in [-0.05, 0) is 18.2 Å². The largest absolute Gasteiger partial charge is 0.545 e. The molecule has 0 saturated carbocycles. The van der Waals surface area contributed by atoms with Crippen molar-refractivity contribution in [3.8, 4) is 5.75 Å². The molecule has 5 nitrogen and oxygen atoms in total. The van der Waals surface area contributed by atoms with Gasteiger partial charge in [0, 0.05) is 5.56 Å². The summed E-state index contributed by atoms with van der Waals surface area (Å²) in [5, 5.41) is 10.7. The van der Waals surface area contributed by atoms with Gasteiger partial charge >= 0.3 is 5.97 Å². The number of hydrogen-bond acceptors (Lipinski definition) is 5. The number of carboxylic acids is 1. The van der Waals surface area contributed by atoms with Gasteiger partial charge in [-0.3, -0.25) is 0 Å². The minimum Gasteiger partial charge on any atom is -0.545 e.